The molecule has 0 saturated carbocycles. The zero-order valence-electron chi connectivity index (χ0n) is 4.93. The summed E-state index contributed by atoms with van der Waals surface area (Å²) in [6.45, 7) is 1.20. The first kappa shape index (κ1) is 11.6. The van der Waals surface area contributed by atoms with Crippen molar-refractivity contribution in [3.8, 4) is 0 Å². The summed E-state index contributed by atoms with van der Waals surface area (Å²) in [6.07, 6.45) is -0.472. The van der Waals surface area contributed by atoms with Gasteiger partial charge in [-0.3, -0.25) is 4.79 Å². The number of carbonyl (C=O) groups is 2. The van der Waals surface area contributed by atoms with E-state index in [2.05, 4.69) is 0 Å². The van der Waals surface area contributed by atoms with Gasteiger partial charge in [-0.25, -0.2) is 0 Å². The SMILES string of the molecule is CC(=O)CC(=O)[O-].[K+]. The van der Waals surface area contributed by atoms with Crippen molar-refractivity contribution in [3.63, 3.8) is 0 Å². The fourth-order valence-electron chi connectivity index (χ4n) is 0.203. The van der Waals surface area contributed by atoms with Crippen molar-refractivity contribution in [2.75, 3.05) is 0 Å². The zero-order chi connectivity index (χ0) is 5.86. The molecule has 0 aliphatic carbocycles. The molecule has 0 aliphatic rings. The Morgan fingerprint density at radius 3 is 1.88 bits per heavy atom. The quantitative estimate of drug-likeness (QED) is 0.288. The van der Waals surface area contributed by atoms with Crippen LogP contribution in [0.1, 0.15) is 13.3 Å². The monoisotopic (exact) mass is 140 g/mol. The van der Waals surface area contributed by atoms with Gasteiger partial charge in [-0.05, 0) is 6.92 Å². The standard InChI is InChI=1S/C4H6O3.K/c1-3(5)2-4(6)7;/h2H2,1H3,(H,6,7);/q;+1/p-1. The molecule has 8 heavy (non-hydrogen) atoms. The summed E-state index contributed by atoms with van der Waals surface area (Å²) in [4.78, 5) is 19.3. The van der Waals surface area contributed by atoms with Gasteiger partial charge >= 0.3 is 51.4 Å². The second-order valence-electron chi connectivity index (χ2n) is 1.25. The fraction of sp³-hybridized carbons (Fsp3) is 0.500. The molecule has 0 spiro atoms. The Bertz CT molecular complexity index is 87.5. The van der Waals surface area contributed by atoms with Crippen LogP contribution in [0.4, 0.5) is 0 Å². The molecule has 0 radical (unpaired) electrons. The van der Waals surface area contributed by atoms with E-state index in [1.165, 1.54) is 6.92 Å². The average Bonchev–Trinajstić information content (AvgIpc) is 1.27. The van der Waals surface area contributed by atoms with Gasteiger partial charge in [0.05, 0.1) is 0 Å². The Kier molecular flexibility index (Phi) is 8.53. The molecule has 0 rings (SSSR count). The van der Waals surface area contributed by atoms with Crippen molar-refractivity contribution in [1.82, 2.24) is 0 Å². The summed E-state index contributed by atoms with van der Waals surface area (Å²) in [7, 11) is 0. The number of hydrogen-bond acceptors (Lipinski definition) is 3. The van der Waals surface area contributed by atoms with Crippen LogP contribution in [0.15, 0.2) is 0 Å². The van der Waals surface area contributed by atoms with Crippen LogP contribution in [-0.4, -0.2) is 11.8 Å². The first-order chi connectivity index (χ1) is 3.13. The third-order valence-corrected chi connectivity index (χ3v) is 0.393. The number of Topliss-reactive ketones (excluding diaryl/α,β-unsaturated/α-hetero) is 1. The van der Waals surface area contributed by atoms with Crippen molar-refractivity contribution >= 4 is 11.8 Å². The number of aliphatic carboxylic acids is 1. The largest absolute Gasteiger partial charge is 1.00 e. The van der Waals surface area contributed by atoms with E-state index in [0.717, 1.165) is 0 Å². The van der Waals surface area contributed by atoms with Gasteiger partial charge in [-0.2, -0.15) is 0 Å². The van der Waals surface area contributed by atoms with Crippen molar-refractivity contribution < 1.29 is 66.1 Å². The van der Waals surface area contributed by atoms with E-state index in [0.29, 0.717) is 0 Å². The van der Waals surface area contributed by atoms with E-state index >= 15 is 0 Å². The molecule has 40 valence electrons. The third-order valence-electron chi connectivity index (χ3n) is 0.393. The molecular weight excluding hydrogens is 135 g/mol. The molecule has 0 aromatic rings. The summed E-state index contributed by atoms with van der Waals surface area (Å²) < 4.78 is 0. The molecule has 0 atom stereocenters. The van der Waals surface area contributed by atoms with Gasteiger partial charge in [0.15, 0.2) is 0 Å². The van der Waals surface area contributed by atoms with Crippen molar-refractivity contribution in [2.24, 2.45) is 0 Å². The van der Waals surface area contributed by atoms with E-state index in [1.54, 1.807) is 0 Å². The number of rotatable bonds is 2. The minimum atomic E-state index is -1.31. The van der Waals surface area contributed by atoms with E-state index in [4.69, 9.17) is 0 Å². The summed E-state index contributed by atoms with van der Waals surface area (Å²) in [5, 5.41) is 9.48. The normalized spacial score (nSPS) is 7.12. The maximum atomic E-state index is 9.83. The molecular formula is C4H5KO3. The fourth-order valence-corrected chi connectivity index (χ4v) is 0.203. The molecule has 0 saturated heterocycles. The van der Waals surface area contributed by atoms with Crippen LogP contribution in [0, 0.1) is 0 Å². The molecule has 0 bridgehead atoms. The maximum absolute atomic E-state index is 9.83. The molecule has 0 aliphatic heterocycles. The molecule has 0 amide bonds. The van der Waals surface area contributed by atoms with E-state index < -0.39 is 12.4 Å². The van der Waals surface area contributed by atoms with Crippen LogP contribution in [0.5, 0.6) is 0 Å². The molecule has 0 heterocycles. The summed E-state index contributed by atoms with van der Waals surface area (Å²) in [5.74, 6) is -1.69. The van der Waals surface area contributed by atoms with Gasteiger partial charge in [0.2, 0.25) is 0 Å². The molecule has 4 heteroatoms. The summed E-state index contributed by atoms with van der Waals surface area (Å²) >= 11 is 0. The molecule has 0 unspecified atom stereocenters. The Labute approximate surface area is 89.9 Å². The Hall–Kier alpha value is 0.776. The number of ketones is 1. The second kappa shape index (κ2) is 5.90. The van der Waals surface area contributed by atoms with Gasteiger partial charge in [0.25, 0.3) is 0 Å². The summed E-state index contributed by atoms with van der Waals surface area (Å²) in [6, 6.07) is 0. The van der Waals surface area contributed by atoms with E-state index in [9.17, 15) is 14.7 Å². The predicted octanol–water partition coefficient (Wildman–Crippen LogP) is -4.28. The zero-order valence-corrected chi connectivity index (χ0v) is 8.05. The topological polar surface area (TPSA) is 57.2 Å². The van der Waals surface area contributed by atoms with Crippen molar-refractivity contribution in [2.45, 2.75) is 13.3 Å². The van der Waals surface area contributed by atoms with E-state index in [1.807, 2.05) is 0 Å². The van der Waals surface area contributed by atoms with Gasteiger partial charge in [-0.1, -0.05) is 0 Å². The van der Waals surface area contributed by atoms with Crippen LogP contribution >= 0.6 is 0 Å². The van der Waals surface area contributed by atoms with Crippen LogP contribution in [0.25, 0.3) is 0 Å². The van der Waals surface area contributed by atoms with E-state index in [-0.39, 0.29) is 57.2 Å². The number of carboxylic acid groups (broad SMARTS) is 1. The first-order valence-electron chi connectivity index (χ1n) is 1.82. The molecule has 3 nitrogen and oxygen atoms in total. The van der Waals surface area contributed by atoms with Crippen molar-refractivity contribution in [3.05, 3.63) is 0 Å². The second-order valence-corrected chi connectivity index (χ2v) is 1.25. The molecule has 0 N–H and O–H groups in total. The maximum Gasteiger partial charge on any atom is 1.00 e. The molecule has 0 aromatic heterocycles. The molecule has 0 fully saturated rings. The summed E-state index contributed by atoms with van der Waals surface area (Å²) in [5.41, 5.74) is 0. The first-order valence-corrected chi connectivity index (χ1v) is 1.82. The van der Waals surface area contributed by atoms with Gasteiger partial charge in [-0.15, -0.1) is 0 Å². The minimum absolute atomic E-state index is 0. The van der Waals surface area contributed by atoms with Gasteiger partial charge < -0.3 is 9.90 Å². The Morgan fingerprint density at radius 1 is 1.50 bits per heavy atom. The van der Waals surface area contributed by atoms with Crippen molar-refractivity contribution in [1.29, 1.82) is 0 Å². The Balaban J connectivity index is 0. The third kappa shape index (κ3) is 9.91. The smallest absolute Gasteiger partial charge is 0.550 e. The van der Waals surface area contributed by atoms with Gasteiger partial charge in [0, 0.05) is 12.4 Å². The minimum Gasteiger partial charge on any atom is -0.550 e. The predicted molar refractivity (Wildman–Crippen MR) is 20.3 cm³/mol. The molecule has 0 aromatic carbocycles. The van der Waals surface area contributed by atoms with Crippen LogP contribution in [0.3, 0.4) is 0 Å². The van der Waals surface area contributed by atoms with Crippen LogP contribution < -0.4 is 56.5 Å². The Morgan fingerprint density at radius 2 is 1.88 bits per heavy atom. The number of carboxylic acids is 1. The van der Waals surface area contributed by atoms with Crippen LogP contribution in [-0.2, 0) is 9.59 Å². The number of hydrogen-bond donors (Lipinski definition) is 0. The van der Waals surface area contributed by atoms with Crippen LogP contribution in [0.2, 0.25) is 0 Å². The number of carbonyl (C=O) groups excluding carboxylic acids is 2. The average molecular weight is 140 g/mol. The van der Waals surface area contributed by atoms with Gasteiger partial charge in [0.1, 0.15) is 5.78 Å².